The van der Waals surface area contributed by atoms with E-state index in [0.717, 1.165) is 37.6 Å². The first-order valence-corrected chi connectivity index (χ1v) is 16.6. The van der Waals surface area contributed by atoms with Gasteiger partial charge < -0.3 is 28.4 Å². The largest absolute Gasteiger partial charge is 0.491 e. The van der Waals surface area contributed by atoms with E-state index in [1.165, 1.54) is 0 Å². The van der Waals surface area contributed by atoms with Crippen molar-refractivity contribution in [3.8, 4) is 11.5 Å². The van der Waals surface area contributed by atoms with E-state index in [1.54, 1.807) is 48.5 Å². The smallest absolute Gasteiger partial charge is 0.338 e. The molecule has 0 aliphatic carbocycles. The van der Waals surface area contributed by atoms with Crippen molar-refractivity contribution in [3.63, 3.8) is 0 Å². The van der Waals surface area contributed by atoms with Crippen molar-refractivity contribution >= 4 is 34.7 Å². The van der Waals surface area contributed by atoms with Gasteiger partial charge in [-0.1, -0.05) is 0 Å². The lowest BCUT2D eigenvalue weighted by atomic mass is 10.2. The number of benzene rings is 4. The van der Waals surface area contributed by atoms with Crippen molar-refractivity contribution in [1.82, 2.24) is 0 Å². The average Bonchev–Trinajstić information content (AvgIpc) is 4.10. The summed E-state index contributed by atoms with van der Waals surface area (Å²) in [6.07, 6.45) is 3.53. The minimum absolute atomic E-state index is 0.207. The van der Waals surface area contributed by atoms with Gasteiger partial charge >= 0.3 is 11.9 Å². The van der Waals surface area contributed by atoms with Gasteiger partial charge in [0.2, 0.25) is 0 Å². The molecule has 0 aromatic heterocycles. The van der Waals surface area contributed by atoms with E-state index in [2.05, 4.69) is 20.5 Å². The van der Waals surface area contributed by atoms with Crippen molar-refractivity contribution in [1.29, 1.82) is 0 Å². The van der Waals surface area contributed by atoms with Crippen LogP contribution in [-0.4, -0.2) is 63.8 Å². The van der Waals surface area contributed by atoms with Crippen molar-refractivity contribution in [2.45, 2.75) is 37.9 Å². The predicted molar refractivity (Wildman–Crippen MR) is 184 cm³/mol. The Labute approximate surface area is 290 Å². The number of nitrogens with zero attached hydrogens (tertiary/aromatic N) is 4. The molecular weight excluding hydrogens is 640 g/mol. The number of ether oxygens (including phenoxy) is 6. The fourth-order valence-electron chi connectivity index (χ4n) is 4.54. The lowest BCUT2D eigenvalue weighted by Gasteiger charge is -2.06. The highest BCUT2D eigenvalue weighted by molar-refractivity contribution is 5.90. The Morgan fingerprint density at radius 3 is 1.14 bits per heavy atom. The first-order valence-electron chi connectivity index (χ1n) is 16.6. The van der Waals surface area contributed by atoms with Gasteiger partial charge in [0.25, 0.3) is 0 Å². The van der Waals surface area contributed by atoms with Gasteiger partial charge in [0.1, 0.15) is 36.9 Å². The van der Waals surface area contributed by atoms with Crippen LogP contribution in [0.2, 0.25) is 0 Å². The van der Waals surface area contributed by atoms with Gasteiger partial charge in [0, 0.05) is 0 Å². The summed E-state index contributed by atoms with van der Waals surface area (Å²) in [5.41, 5.74) is 3.52. The van der Waals surface area contributed by atoms with Crippen molar-refractivity contribution in [2.75, 3.05) is 39.6 Å². The molecule has 0 bridgehead atoms. The molecule has 4 aromatic rings. The van der Waals surface area contributed by atoms with E-state index in [0.29, 0.717) is 73.1 Å². The quantitative estimate of drug-likeness (QED) is 0.0415. The number of epoxide rings is 2. The molecule has 0 amide bonds. The number of unbranched alkanes of at least 4 members (excludes halogenated alkanes) is 3. The Hall–Kier alpha value is -5.46. The molecule has 2 saturated heterocycles. The molecule has 12 heteroatoms. The van der Waals surface area contributed by atoms with Gasteiger partial charge in [0.05, 0.1) is 60.3 Å². The first-order chi connectivity index (χ1) is 24.6. The van der Waals surface area contributed by atoms with Gasteiger partial charge in [-0.05, 0) is 123 Å². The standard InChI is InChI=1S/C38H38N4O8/c43-37(27-5-9-29(10-6-27)39-41-31-13-17-33(18-14-31)47-23-35-25-49-35)45-21-3-1-2-4-22-46-38(44)28-7-11-30(12-8-28)40-42-32-15-19-34(20-16-32)48-24-36-26-50-36/h5-20,35-36H,1-4,21-26H2. The second kappa shape index (κ2) is 17.8. The zero-order valence-corrected chi connectivity index (χ0v) is 27.5. The Bertz CT molecular complexity index is 1610. The third-order valence-electron chi connectivity index (χ3n) is 7.62. The highest BCUT2D eigenvalue weighted by atomic mass is 16.6. The average molecular weight is 679 g/mol. The molecule has 2 unspecified atom stereocenters. The number of azo groups is 2. The highest BCUT2D eigenvalue weighted by Crippen LogP contribution is 2.24. The van der Waals surface area contributed by atoms with Gasteiger partial charge in [-0.3, -0.25) is 0 Å². The summed E-state index contributed by atoms with van der Waals surface area (Å²) in [6.45, 7) is 3.24. The maximum absolute atomic E-state index is 12.4. The van der Waals surface area contributed by atoms with Crippen LogP contribution in [0.15, 0.2) is 118 Å². The van der Waals surface area contributed by atoms with Crippen molar-refractivity contribution < 1.29 is 38.0 Å². The van der Waals surface area contributed by atoms with E-state index in [1.807, 2.05) is 48.5 Å². The molecule has 2 fully saturated rings. The second-order valence-electron chi connectivity index (χ2n) is 11.7. The molecule has 0 N–H and O–H groups in total. The van der Waals surface area contributed by atoms with E-state index in [9.17, 15) is 9.59 Å². The fraction of sp³-hybridized carbons (Fsp3) is 0.316. The van der Waals surface area contributed by atoms with Crippen LogP contribution < -0.4 is 9.47 Å². The van der Waals surface area contributed by atoms with Crippen LogP contribution in [-0.2, 0) is 18.9 Å². The van der Waals surface area contributed by atoms with Gasteiger partial charge in [-0.2, -0.15) is 20.5 Å². The number of hydrogen-bond acceptors (Lipinski definition) is 12. The van der Waals surface area contributed by atoms with Crippen LogP contribution in [0.4, 0.5) is 22.7 Å². The molecule has 6 rings (SSSR count). The van der Waals surface area contributed by atoms with Gasteiger partial charge in [0.15, 0.2) is 0 Å². The van der Waals surface area contributed by atoms with E-state index in [4.69, 9.17) is 28.4 Å². The van der Waals surface area contributed by atoms with Crippen LogP contribution in [0.1, 0.15) is 46.4 Å². The third kappa shape index (κ3) is 11.6. The lowest BCUT2D eigenvalue weighted by molar-refractivity contribution is 0.0473. The van der Waals surface area contributed by atoms with E-state index < -0.39 is 0 Å². The molecule has 50 heavy (non-hydrogen) atoms. The number of esters is 2. The maximum Gasteiger partial charge on any atom is 0.338 e. The molecular formula is C38H38N4O8. The molecule has 0 radical (unpaired) electrons. The van der Waals surface area contributed by atoms with E-state index >= 15 is 0 Å². The van der Waals surface area contributed by atoms with Gasteiger partial charge in [-0.15, -0.1) is 0 Å². The SMILES string of the molecule is O=C(OCCCCCCOC(=O)c1ccc(N=Nc2ccc(OCC3CO3)cc2)cc1)c1ccc(N=Nc2ccc(OCC3CO3)cc2)cc1. The van der Waals surface area contributed by atoms with Crippen LogP contribution in [0.5, 0.6) is 11.5 Å². The number of rotatable bonds is 19. The third-order valence-corrected chi connectivity index (χ3v) is 7.62. The summed E-state index contributed by atoms with van der Waals surface area (Å²) in [7, 11) is 0. The topological polar surface area (TPSA) is 146 Å². The fourth-order valence-corrected chi connectivity index (χ4v) is 4.54. The molecule has 2 aliphatic heterocycles. The van der Waals surface area contributed by atoms with Gasteiger partial charge in [-0.25, -0.2) is 9.59 Å². The summed E-state index contributed by atoms with van der Waals surface area (Å²) < 4.78 is 32.3. The second-order valence-corrected chi connectivity index (χ2v) is 11.7. The highest BCUT2D eigenvalue weighted by Gasteiger charge is 2.23. The molecule has 0 spiro atoms. The Morgan fingerprint density at radius 1 is 0.500 bits per heavy atom. The molecule has 2 aliphatic rings. The molecule has 12 nitrogen and oxygen atoms in total. The Kier molecular flexibility index (Phi) is 12.2. The van der Waals surface area contributed by atoms with Crippen LogP contribution >= 0.6 is 0 Å². The monoisotopic (exact) mass is 678 g/mol. The van der Waals surface area contributed by atoms with Crippen LogP contribution in [0.3, 0.4) is 0 Å². The molecule has 0 saturated carbocycles. The number of hydrogen-bond donors (Lipinski definition) is 0. The van der Waals surface area contributed by atoms with Crippen LogP contribution in [0.25, 0.3) is 0 Å². The molecule has 258 valence electrons. The summed E-state index contributed by atoms with van der Waals surface area (Å²) in [6, 6.07) is 28.2. The van der Waals surface area contributed by atoms with Crippen LogP contribution in [0, 0.1) is 0 Å². The predicted octanol–water partition coefficient (Wildman–Crippen LogP) is 8.65. The zero-order chi connectivity index (χ0) is 34.4. The van der Waals surface area contributed by atoms with E-state index in [-0.39, 0.29) is 24.1 Å². The molecule has 2 atom stereocenters. The molecule has 4 aromatic carbocycles. The summed E-state index contributed by atoms with van der Waals surface area (Å²) in [5, 5.41) is 16.9. The Balaban J connectivity index is 0.805. The lowest BCUT2D eigenvalue weighted by Crippen LogP contribution is -2.07. The molecule has 2 heterocycles. The normalized spacial score (nSPS) is 16.3. The number of carbonyl (C=O) groups excluding carboxylic acids is 2. The van der Waals surface area contributed by atoms with Crippen molar-refractivity contribution in [3.05, 3.63) is 108 Å². The summed E-state index contributed by atoms with van der Waals surface area (Å²) >= 11 is 0. The summed E-state index contributed by atoms with van der Waals surface area (Å²) in [4.78, 5) is 24.8. The maximum atomic E-state index is 12.4. The van der Waals surface area contributed by atoms with Crippen molar-refractivity contribution in [2.24, 2.45) is 20.5 Å². The summed E-state index contributed by atoms with van der Waals surface area (Å²) in [5.74, 6) is 0.740. The number of carbonyl (C=O) groups is 2. The first kappa shape index (κ1) is 34.4. The minimum atomic E-state index is -0.388. The zero-order valence-electron chi connectivity index (χ0n) is 27.5. The minimum Gasteiger partial charge on any atom is -0.491 e. The Morgan fingerprint density at radius 2 is 0.820 bits per heavy atom.